The highest BCUT2D eigenvalue weighted by atomic mass is 35.7. The monoisotopic (exact) mass is 259 g/mol. The minimum atomic E-state index is -3.62. The van der Waals surface area contributed by atoms with Gasteiger partial charge < -0.3 is 4.90 Å². The largest absolute Gasteiger partial charge is 0.372 e. The molecule has 0 aliphatic carbocycles. The summed E-state index contributed by atoms with van der Waals surface area (Å²) < 4.78 is 22.4. The van der Waals surface area contributed by atoms with E-state index in [-0.39, 0.29) is 4.90 Å². The summed E-state index contributed by atoms with van der Waals surface area (Å²) in [6, 6.07) is 6.83. The average Bonchev–Trinajstić information content (AvgIpc) is 2.29. The third kappa shape index (κ3) is 2.68. The molecule has 0 bridgehead atoms. The summed E-state index contributed by atoms with van der Waals surface area (Å²) in [5, 5.41) is 0. The Hall–Kier alpha value is -0.740. The first-order chi connectivity index (χ1) is 7.57. The first-order valence-corrected chi connectivity index (χ1v) is 7.68. The smallest absolute Gasteiger partial charge is 0.261 e. The zero-order valence-electron chi connectivity index (χ0n) is 8.89. The molecule has 0 unspecified atom stereocenters. The molecule has 16 heavy (non-hydrogen) atoms. The predicted molar refractivity (Wildman–Crippen MR) is 65.5 cm³/mol. The van der Waals surface area contributed by atoms with E-state index in [1.165, 1.54) is 12.5 Å². The number of rotatable bonds is 2. The molecule has 1 aliphatic heterocycles. The SMILES string of the molecule is O=S(=O)(Cl)c1cccc(N2CCCCC2)c1. The first kappa shape index (κ1) is 11.7. The number of anilines is 1. The van der Waals surface area contributed by atoms with Crippen LogP contribution in [0.1, 0.15) is 19.3 Å². The Morgan fingerprint density at radius 2 is 1.81 bits per heavy atom. The lowest BCUT2D eigenvalue weighted by molar-refractivity contribution is 0.577. The molecule has 1 heterocycles. The number of halogens is 1. The van der Waals surface area contributed by atoms with Gasteiger partial charge in [-0.1, -0.05) is 6.07 Å². The molecule has 1 fully saturated rings. The quantitative estimate of drug-likeness (QED) is 0.766. The van der Waals surface area contributed by atoms with Crippen molar-refractivity contribution in [2.24, 2.45) is 0 Å². The summed E-state index contributed by atoms with van der Waals surface area (Å²) in [5.74, 6) is 0. The van der Waals surface area contributed by atoms with Crippen molar-refractivity contribution in [1.29, 1.82) is 0 Å². The number of benzene rings is 1. The van der Waals surface area contributed by atoms with Crippen molar-refractivity contribution in [2.45, 2.75) is 24.2 Å². The van der Waals surface area contributed by atoms with E-state index < -0.39 is 9.05 Å². The third-order valence-electron chi connectivity index (χ3n) is 2.82. The zero-order valence-corrected chi connectivity index (χ0v) is 10.5. The maximum absolute atomic E-state index is 11.2. The molecule has 0 atom stereocenters. The molecule has 2 rings (SSSR count). The third-order valence-corrected chi connectivity index (χ3v) is 4.17. The molecular formula is C11H14ClNO2S. The van der Waals surface area contributed by atoms with Crippen molar-refractivity contribution in [3.05, 3.63) is 24.3 Å². The molecule has 1 aliphatic rings. The second-order valence-electron chi connectivity index (χ2n) is 3.98. The van der Waals surface area contributed by atoms with Gasteiger partial charge in [-0.25, -0.2) is 8.42 Å². The van der Waals surface area contributed by atoms with Crippen molar-refractivity contribution in [2.75, 3.05) is 18.0 Å². The van der Waals surface area contributed by atoms with Crippen molar-refractivity contribution in [3.8, 4) is 0 Å². The van der Waals surface area contributed by atoms with E-state index in [9.17, 15) is 8.42 Å². The van der Waals surface area contributed by atoms with Gasteiger partial charge in [-0.3, -0.25) is 0 Å². The molecule has 0 saturated carbocycles. The Bertz CT molecular complexity index is 467. The van der Waals surface area contributed by atoms with Crippen LogP contribution >= 0.6 is 10.7 Å². The zero-order chi connectivity index (χ0) is 11.6. The molecule has 0 radical (unpaired) electrons. The Morgan fingerprint density at radius 3 is 2.44 bits per heavy atom. The lowest BCUT2D eigenvalue weighted by Crippen LogP contribution is -2.29. The summed E-state index contributed by atoms with van der Waals surface area (Å²) in [5.41, 5.74) is 0.946. The Kier molecular flexibility index (Phi) is 3.40. The summed E-state index contributed by atoms with van der Waals surface area (Å²) >= 11 is 0. The van der Waals surface area contributed by atoms with Crippen LogP contribution in [0.15, 0.2) is 29.2 Å². The molecule has 1 saturated heterocycles. The van der Waals surface area contributed by atoms with E-state index in [0.717, 1.165) is 31.6 Å². The van der Waals surface area contributed by atoms with E-state index in [2.05, 4.69) is 4.90 Å². The van der Waals surface area contributed by atoms with E-state index in [4.69, 9.17) is 10.7 Å². The standard InChI is InChI=1S/C11H14ClNO2S/c12-16(14,15)11-6-4-5-10(9-11)13-7-2-1-3-8-13/h4-6,9H,1-3,7-8H2. The van der Waals surface area contributed by atoms with Gasteiger partial charge in [0.25, 0.3) is 9.05 Å². The molecule has 0 spiro atoms. The van der Waals surface area contributed by atoms with Gasteiger partial charge >= 0.3 is 0 Å². The van der Waals surface area contributed by atoms with Crippen molar-refractivity contribution < 1.29 is 8.42 Å². The van der Waals surface area contributed by atoms with Crippen molar-refractivity contribution in [3.63, 3.8) is 0 Å². The fourth-order valence-electron chi connectivity index (χ4n) is 1.98. The molecule has 0 aromatic heterocycles. The molecule has 3 nitrogen and oxygen atoms in total. The molecule has 1 aromatic carbocycles. The van der Waals surface area contributed by atoms with E-state index in [1.54, 1.807) is 12.1 Å². The summed E-state index contributed by atoms with van der Waals surface area (Å²) in [6.45, 7) is 1.98. The van der Waals surface area contributed by atoms with Gasteiger partial charge in [0.15, 0.2) is 0 Å². The molecule has 1 aromatic rings. The van der Waals surface area contributed by atoms with Gasteiger partial charge in [-0.15, -0.1) is 0 Å². The van der Waals surface area contributed by atoms with Crippen LogP contribution in [0.4, 0.5) is 5.69 Å². The van der Waals surface area contributed by atoms with Crippen molar-refractivity contribution >= 4 is 25.4 Å². The number of hydrogen-bond acceptors (Lipinski definition) is 3. The predicted octanol–water partition coefficient (Wildman–Crippen LogP) is 2.60. The molecule has 88 valence electrons. The second-order valence-corrected chi connectivity index (χ2v) is 6.55. The second kappa shape index (κ2) is 4.63. The molecule has 5 heteroatoms. The number of piperidine rings is 1. The lowest BCUT2D eigenvalue weighted by Gasteiger charge is -2.28. The van der Waals surface area contributed by atoms with Crippen LogP contribution in [0.25, 0.3) is 0 Å². The van der Waals surface area contributed by atoms with E-state index >= 15 is 0 Å². The number of hydrogen-bond donors (Lipinski definition) is 0. The van der Waals surface area contributed by atoms with Crippen LogP contribution in [-0.4, -0.2) is 21.5 Å². The first-order valence-electron chi connectivity index (χ1n) is 5.37. The fourth-order valence-corrected chi connectivity index (χ4v) is 2.77. The number of nitrogens with zero attached hydrogens (tertiary/aromatic N) is 1. The van der Waals surface area contributed by atoms with Crippen LogP contribution in [0.5, 0.6) is 0 Å². The maximum Gasteiger partial charge on any atom is 0.261 e. The molecule has 0 N–H and O–H groups in total. The molecular weight excluding hydrogens is 246 g/mol. The summed E-state index contributed by atoms with van der Waals surface area (Å²) in [7, 11) is 1.70. The molecule has 0 amide bonds. The average molecular weight is 260 g/mol. The van der Waals surface area contributed by atoms with Crippen molar-refractivity contribution in [1.82, 2.24) is 0 Å². The summed E-state index contributed by atoms with van der Waals surface area (Å²) in [6.07, 6.45) is 3.58. The van der Waals surface area contributed by atoms with Gasteiger partial charge in [0.2, 0.25) is 0 Å². The van der Waals surface area contributed by atoms with Gasteiger partial charge in [-0.2, -0.15) is 0 Å². The Balaban J connectivity index is 2.28. The fraction of sp³-hybridized carbons (Fsp3) is 0.455. The van der Waals surface area contributed by atoms with Crippen LogP contribution in [-0.2, 0) is 9.05 Å². The van der Waals surface area contributed by atoms with Crippen LogP contribution in [0.2, 0.25) is 0 Å². The van der Waals surface area contributed by atoms with Crippen LogP contribution < -0.4 is 4.90 Å². The highest BCUT2D eigenvalue weighted by Crippen LogP contribution is 2.24. The van der Waals surface area contributed by atoms with E-state index in [0.29, 0.717) is 0 Å². The highest BCUT2D eigenvalue weighted by molar-refractivity contribution is 8.13. The van der Waals surface area contributed by atoms with Gasteiger partial charge in [-0.05, 0) is 37.5 Å². The highest BCUT2D eigenvalue weighted by Gasteiger charge is 2.14. The van der Waals surface area contributed by atoms with E-state index in [1.807, 2.05) is 6.07 Å². The van der Waals surface area contributed by atoms with Gasteiger partial charge in [0, 0.05) is 29.5 Å². The summed E-state index contributed by atoms with van der Waals surface area (Å²) in [4.78, 5) is 2.38. The van der Waals surface area contributed by atoms with Gasteiger partial charge in [0.05, 0.1) is 4.90 Å². The minimum absolute atomic E-state index is 0.178. The Morgan fingerprint density at radius 1 is 1.12 bits per heavy atom. The van der Waals surface area contributed by atoms with Gasteiger partial charge in [0.1, 0.15) is 0 Å². The Labute approximate surface area is 100 Å². The topological polar surface area (TPSA) is 37.4 Å². The lowest BCUT2D eigenvalue weighted by atomic mass is 10.1. The van der Waals surface area contributed by atoms with Crippen LogP contribution in [0.3, 0.4) is 0 Å². The maximum atomic E-state index is 11.2. The minimum Gasteiger partial charge on any atom is -0.372 e. The normalized spacial score (nSPS) is 17.4. The van der Waals surface area contributed by atoms with Crippen LogP contribution in [0, 0.1) is 0 Å².